The number of carbonyl (C=O) groups is 2. The van der Waals surface area contributed by atoms with Gasteiger partial charge in [0.2, 0.25) is 0 Å². The average molecular weight is 494 g/mol. The number of aliphatic hydroxyl groups is 1. The molecule has 0 spiro atoms. The van der Waals surface area contributed by atoms with Gasteiger partial charge in [0.05, 0.1) is 32.4 Å². The fourth-order valence-electron chi connectivity index (χ4n) is 4.07. The Morgan fingerprint density at radius 2 is 1.71 bits per heavy atom. The molecule has 0 radical (unpaired) electrons. The number of aliphatic hydroxyl groups excluding tert-OH is 1. The van der Waals surface area contributed by atoms with Crippen LogP contribution in [0, 0.1) is 0 Å². The van der Waals surface area contributed by atoms with E-state index in [4.69, 9.17) is 25.8 Å². The first-order chi connectivity index (χ1) is 16.9. The van der Waals surface area contributed by atoms with E-state index < -0.39 is 17.7 Å². The van der Waals surface area contributed by atoms with E-state index >= 15 is 0 Å². The van der Waals surface area contributed by atoms with Crippen LogP contribution in [-0.2, 0) is 9.59 Å². The quantitative estimate of drug-likeness (QED) is 0.270. The van der Waals surface area contributed by atoms with Crippen LogP contribution < -0.4 is 19.1 Å². The molecule has 1 saturated heterocycles. The van der Waals surface area contributed by atoms with Crippen molar-refractivity contribution in [2.45, 2.75) is 13.0 Å². The van der Waals surface area contributed by atoms with Crippen molar-refractivity contribution < 1.29 is 28.9 Å². The number of hydrogen-bond donors (Lipinski definition) is 1. The third kappa shape index (κ3) is 4.55. The Morgan fingerprint density at radius 1 is 0.971 bits per heavy atom. The second-order valence-corrected chi connectivity index (χ2v) is 8.16. The number of rotatable bonds is 7. The molecule has 1 atom stereocenters. The molecule has 0 aliphatic carbocycles. The molecule has 1 heterocycles. The molecule has 1 amide bonds. The molecule has 1 N–H and O–H groups in total. The number of hydrogen-bond acceptors (Lipinski definition) is 6. The maximum absolute atomic E-state index is 13.3. The standard InChI is InChI=1S/C27H24ClNO6/c1-4-35-22-15-16(8-13-21(22)34-3)24-23(25(30)17-6-5-7-20(14-17)33-2)26(31)27(32)29(24)19-11-9-18(28)10-12-19/h5-15,24,30H,4H2,1-3H3/b25-23-. The van der Waals surface area contributed by atoms with Crippen LogP contribution in [-0.4, -0.2) is 37.6 Å². The highest BCUT2D eigenvalue weighted by Gasteiger charge is 2.47. The summed E-state index contributed by atoms with van der Waals surface area (Å²) in [6, 6.07) is 17.5. The van der Waals surface area contributed by atoms with Gasteiger partial charge in [0.25, 0.3) is 11.7 Å². The van der Waals surface area contributed by atoms with Crippen molar-refractivity contribution in [3.05, 3.63) is 88.5 Å². The second kappa shape index (κ2) is 10.1. The summed E-state index contributed by atoms with van der Waals surface area (Å²) in [6.45, 7) is 2.23. The maximum Gasteiger partial charge on any atom is 0.300 e. The van der Waals surface area contributed by atoms with Crippen LogP contribution in [0.2, 0.25) is 5.02 Å². The highest BCUT2D eigenvalue weighted by atomic mass is 35.5. The van der Waals surface area contributed by atoms with Gasteiger partial charge >= 0.3 is 0 Å². The minimum atomic E-state index is -0.924. The van der Waals surface area contributed by atoms with Gasteiger partial charge in [-0.05, 0) is 61.0 Å². The molecule has 180 valence electrons. The zero-order chi connectivity index (χ0) is 25.1. The van der Waals surface area contributed by atoms with Crippen LogP contribution in [0.15, 0.2) is 72.3 Å². The summed E-state index contributed by atoms with van der Waals surface area (Å²) in [6.07, 6.45) is 0. The summed E-state index contributed by atoms with van der Waals surface area (Å²) in [7, 11) is 3.03. The SMILES string of the molecule is CCOc1cc(C2/C(=C(/O)c3cccc(OC)c3)C(=O)C(=O)N2c2ccc(Cl)cc2)ccc1OC. The van der Waals surface area contributed by atoms with Crippen molar-refractivity contribution in [3.8, 4) is 17.2 Å². The smallest absolute Gasteiger partial charge is 0.300 e. The van der Waals surface area contributed by atoms with E-state index in [2.05, 4.69) is 0 Å². The number of ether oxygens (including phenoxy) is 3. The molecule has 3 aromatic carbocycles. The highest BCUT2D eigenvalue weighted by molar-refractivity contribution is 6.51. The van der Waals surface area contributed by atoms with Gasteiger partial charge in [-0.1, -0.05) is 29.8 Å². The van der Waals surface area contributed by atoms with Gasteiger partial charge in [0.15, 0.2) is 11.5 Å². The fraction of sp³-hybridized carbons (Fsp3) is 0.185. The number of anilines is 1. The van der Waals surface area contributed by atoms with Gasteiger partial charge in [-0.2, -0.15) is 0 Å². The van der Waals surface area contributed by atoms with E-state index in [-0.39, 0.29) is 11.3 Å². The lowest BCUT2D eigenvalue weighted by molar-refractivity contribution is -0.132. The lowest BCUT2D eigenvalue weighted by atomic mass is 9.94. The van der Waals surface area contributed by atoms with Crippen LogP contribution in [0.1, 0.15) is 24.1 Å². The molecule has 8 heteroatoms. The van der Waals surface area contributed by atoms with Gasteiger partial charge in [0.1, 0.15) is 11.5 Å². The normalized spacial score (nSPS) is 16.9. The number of ketones is 1. The average Bonchev–Trinajstić information content (AvgIpc) is 3.14. The third-order valence-corrected chi connectivity index (χ3v) is 5.95. The number of nitrogens with zero attached hydrogens (tertiary/aromatic N) is 1. The van der Waals surface area contributed by atoms with Crippen molar-refractivity contribution in [2.24, 2.45) is 0 Å². The predicted molar refractivity (Wildman–Crippen MR) is 133 cm³/mol. The molecule has 4 rings (SSSR count). The van der Waals surface area contributed by atoms with Gasteiger partial charge in [-0.25, -0.2) is 0 Å². The predicted octanol–water partition coefficient (Wildman–Crippen LogP) is 5.38. The number of carbonyl (C=O) groups excluding carboxylic acids is 2. The number of Topliss-reactive ketones (excluding diaryl/α,β-unsaturated/α-hetero) is 1. The van der Waals surface area contributed by atoms with Crippen molar-refractivity contribution in [1.82, 2.24) is 0 Å². The Morgan fingerprint density at radius 3 is 2.37 bits per heavy atom. The lowest BCUT2D eigenvalue weighted by Crippen LogP contribution is -2.29. The minimum absolute atomic E-state index is 0.0502. The van der Waals surface area contributed by atoms with Crippen molar-refractivity contribution in [1.29, 1.82) is 0 Å². The molecular weight excluding hydrogens is 470 g/mol. The Hall–Kier alpha value is -3.97. The van der Waals surface area contributed by atoms with E-state index in [1.807, 2.05) is 6.92 Å². The zero-order valence-corrected chi connectivity index (χ0v) is 20.2. The summed E-state index contributed by atoms with van der Waals surface area (Å²) in [5.74, 6) is -0.421. The Bertz CT molecular complexity index is 1300. The first-order valence-corrected chi connectivity index (χ1v) is 11.3. The van der Waals surface area contributed by atoms with E-state index in [1.54, 1.807) is 66.7 Å². The van der Waals surface area contributed by atoms with E-state index in [0.717, 1.165) is 0 Å². The number of methoxy groups -OCH3 is 2. The van der Waals surface area contributed by atoms with Crippen molar-refractivity contribution in [2.75, 3.05) is 25.7 Å². The number of amides is 1. The van der Waals surface area contributed by atoms with Crippen LogP contribution in [0.3, 0.4) is 0 Å². The van der Waals surface area contributed by atoms with Gasteiger partial charge in [0, 0.05) is 16.3 Å². The summed E-state index contributed by atoms with van der Waals surface area (Å²) in [5, 5.41) is 11.8. The summed E-state index contributed by atoms with van der Waals surface area (Å²) in [5.41, 5.74) is 1.32. The van der Waals surface area contributed by atoms with E-state index in [9.17, 15) is 14.7 Å². The molecule has 1 fully saturated rings. The largest absolute Gasteiger partial charge is 0.507 e. The molecule has 1 unspecified atom stereocenters. The van der Waals surface area contributed by atoms with Crippen LogP contribution >= 0.6 is 11.6 Å². The first kappa shape index (κ1) is 24.2. The van der Waals surface area contributed by atoms with Gasteiger partial charge in [-0.3, -0.25) is 14.5 Å². The Labute approximate surface area is 208 Å². The first-order valence-electron chi connectivity index (χ1n) is 10.9. The second-order valence-electron chi connectivity index (χ2n) is 7.72. The molecule has 3 aromatic rings. The molecule has 0 bridgehead atoms. The Balaban J connectivity index is 1.96. The van der Waals surface area contributed by atoms with Crippen LogP contribution in [0.4, 0.5) is 5.69 Å². The summed E-state index contributed by atoms with van der Waals surface area (Å²) < 4.78 is 16.4. The Kier molecular flexibility index (Phi) is 6.98. The van der Waals surface area contributed by atoms with Crippen molar-refractivity contribution in [3.63, 3.8) is 0 Å². The van der Waals surface area contributed by atoms with Crippen molar-refractivity contribution >= 4 is 34.7 Å². The zero-order valence-electron chi connectivity index (χ0n) is 19.4. The summed E-state index contributed by atoms with van der Waals surface area (Å²) in [4.78, 5) is 28.0. The minimum Gasteiger partial charge on any atom is -0.507 e. The molecule has 0 aromatic heterocycles. The fourth-order valence-corrected chi connectivity index (χ4v) is 4.20. The lowest BCUT2D eigenvalue weighted by Gasteiger charge is -2.26. The molecule has 1 aliphatic heterocycles. The topological polar surface area (TPSA) is 85.3 Å². The molecular formula is C27H24ClNO6. The van der Waals surface area contributed by atoms with Crippen LogP contribution in [0.5, 0.6) is 17.2 Å². The monoisotopic (exact) mass is 493 g/mol. The van der Waals surface area contributed by atoms with Gasteiger partial charge < -0.3 is 19.3 Å². The molecule has 1 aliphatic rings. The highest BCUT2D eigenvalue weighted by Crippen LogP contribution is 2.44. The molecule has 0 saturated carbocycles. The third-order valence-electron chi connectivity index (χ3n) is 5.70. The van der Waals surface area contributed by atoms with E-state index in [1.165, 1.54) is 19.1 Å². The maximum atomic E-state index is 13.3. The number of halogens is 1. The van der Waals surface area contributed by atoms with Gasteiger partial charge in [-0.15, -0.1) is 0 Å². The molecule has 35 heavy (non-hydrogen) atoms. The molecule has 7 nitrogen and oxygen atoms in total. The number of benzene rings is 3. The van der Waals surface area contributed by atoms with Crippen LogP contribution in [0.25, 0.3) is 5.76 Å². The van der Waals surface area contributed by atoms with E-state index in [0.29, 0.717) is 45.7 Å². The summed E-state index contributed by atoms with van der Waals surface area (Å²) >= 11 is 6.05.